The minimum Gasteiger partial charge on any atom is -0.330 e. The SMILES string of the molecule is NCC1CCCc2sccc21. The topological polar surface area (TPSA) is 26.0 Å². The van der Waals surface area contributed by atoms with Gasteiger partial charge in [-0.1, -0.05) is 0 Å². The van der Waals surface area contributed by atoms with Crippen molar-refractivity contribution in [2.24, 2.45) is 5.73 Å². The Hall–Kier alpha value is -0.340. The third-order valence-corrected chi connectivity index (χ3v) is 3.46. The first-order chi connectivity index (χ1) is 5.42. The zero-order chi connectivity index (χ0) is 7.68. The highest BCUT2D eigenvalue weighted by molar-refractivity contribution is 7.10. The molecule has 0 aromatic carbocycles. The van der Waals surface area contributed by atoms with Gasteiger partial charge in [0.2, 0.25) is 0 Å². The molecule has 1 heterocycles. The van der Waals surface area contributed by atoms with E-state index in [1.807, 2.05) is 11.3 Å². The monoisotopic (exact) mass is 167 g/mol. The van der Waals surface area contributed by atoms with Crippen LogP contribution in [0.1, 0.15) is 29.2 Å². The molecule has 0 saturated heterocycles. The molecule has 2 rings (SSSR count). The van der Waals surface area contributed by atoms with Gasteiger partial charge in [-0.05, 0) is 48.7 Å². The summed E-state index contributed by atoms with van der Waals surface area (Å²) in [5.41, 5.74) is 7.21. The number of hydrogen-bond donors (Lipinski definition) is 1. The first-order valence-corrected chi connectivity index (χ1v) is 5.06. The number of fused-ring (bicyclic) bond motifs is 1. The normalized spacial score (nSPS) is 23.2. The Morgan fingerprint density at radius 2 is 2.55 bits per heavy atom. The van der Waals surface area contributed by atoms with Crippen molar-refractivity contribution in [2.75, 3.05) is 6.54 Å². The van der Waals surface area contributed by atoms with Crippen LogP contribution >= 0.6 is 11.3 Å². The summed E-state index contributed by atoms with van der Waals surface area (Å²) in [5.74, 6) is 0.657. The Morgan fingerprint density at radius 3 is 3.36 bits per heavy atom. The van der Waals surface area contributed by atoms with E-state index < -0.39 is 0 Å². The fraction of sp³-hybridized carbons (Fsp3) is 0.556. The second-order valence-corrected chi connectivity index (χ2v) is 4.12. The van der Waals surface area contributed by atoms with Gasteiger partial charge < -0.3 is 5.73 Å². The predicted molar refractivity (Wildman–Crippen MR) is 49.1 cm³/mol. The molecule has 11 heavy (non-hydrogen) atoms. The number of nitrogens with two attached hydrogens (primary N) is 1. The molecule has 1 unspecified atom stereocenters. The van der Waals surface area contributed by atoms with E-state index in [-0.39, 0.29) is 0 Å². The van der Waals surface area contributed by atoms with E-state index in [0.29, 0.717) is 5.92 Å². The van der Waals surface area contributed by atoms with Crippen LogP contribution in [0.25, 0.3) is 0 Å². The molecule has 2 N–H and O–H groups in total. The summed E-state index contributed by atoms with van der Waals surface area (Å²) in [4.78, 5) is 1.58. The summed E-state index contributed by atoms with van der Waals surface area (Å²) in [6.07, 6.45) is 3.90. The largest absolute Gasteiger partial charge is 0.330 e. The predicted octanol–water partition coefficient (Wildman–Crippen LogP) is 2.13. The van der Waals surface area contributed by atoms with Crippen LogP contribution in [0, 0.1) is 0 Å². The lowest BCUT2D eigenvalue weighted by atomic mass is 9.88. The fourth-order valence-electron chi connectivity index (χ4n) is 1.83. The highest BCUT2D eigenvalue weighted by Crippen LogP contribution is 2.33. The van der Waals surface area contributed by atoms with Crippen molar-refractivity contribution in [3.63, 3.8) is 0 Å². The molecular weight excluding hydrogens is 154 g/mol. The molecule has 1 aliphatic carbocycles. The Kier molecular flexibility index (Phi) is 1.96. The van der Waals surface area contributed by atoms with Crippen LogP contribution in [-0.4, -0.2) is 6.54 Å². The molecule has 0 radical (unpaired) electrons. The molecule has 60 valence electrons. The smallest absolute Gasteiger partial charge is 0.00805 e. The van der Waals surface area contributed by atoms with E-state index >= 15 is 0 Å². The van der Waals surface area contributed by atoms with E-state index in [9.17, 15) is 0 Å². The first-order valence-electron chi connectivity index (χ1n) is 4.18. The third-order valence-electron chi connectivity index (χ3n) is 2.46. The van der Waals surface area contributed by atoms with Crippen LogP contribution < -0.4 is 5.73 Å². The zero-order valence-corrected chi connectivity index (χ0v) is 7.36. The van der Waals surface area contributed by atoms with Crippen molar-refractivity contribution in [1.29, 1.82) is 0 Å². The van der Waals surface area contributed by atoms with Crippen LogP contribution in [0.5, 0.6) is 0 Å². The molecule has 0 spiro atoms. The lowest BCUT2D eigenvalue weighted by Gasteiger charge is -2.20. The molecule has 1 nitrogen and oxygen atoms in total. The second kappa shape index (κ2) is 2.95. The summed E-state index contributed by atoms with van der Waals surface area (Å²) in [7, 11) is 0. The lowest BCUT2D eigenvalue weighted by molar-refractivity contribution is 0.567. The average Bonchev–Trinajstić information content (AvgIpc) is 2.50. The Labute approximate surface area is 71.2 Å². The fourth-order valence-corrected chi connectivity index (χ4v) is 2.84. The molecule has 0 aliphatic heterocycles. The number of thiophene rings is 1. The van der Waals surface area contributed by atoms with E-state index in [1.54, 1.807) is 4.88 Å². The van der Waals surface area contributed by atoms with Gasteiger partial charge in [0, 0.05) is 4.88 Å². The summed E-state index contributed by atoms with van der Waals surface area (Å²) in [6.45, 7) is 0.823. The molecule has 1 aliphatic rings. The highest BCUT2D eigenvalue weighted by atomic mass is 32.1. The number of rotatable bonds is 1. The lowest BCUT2D eigenvalue weighted by Crippen LogP contribution is -2.16. The summed E-state index contributed by atoms with van der Waals surface area (Å²) in [6, 6.07) is 2.25. The third kappa shape index (κ3) is 1.21. The molecule has 0 saturated carbocycles. The van der Waals surface area contributed by atoms with Gasteiger partial charge >= 0.3 is 0 Å². The van der Waals surface area contributed by atoms with Gasteiger partial charge in [-0.15, -0.1) is 11.3 Å². The van der Waals surface area contributed by atoms with Gasteiger partial charge in [-0.3, -0.25) is 0 Å². The quantitative estimate of drug-likeness (QED) is 0.681. The Morgan fingerprint density at radius 1 is 1.64 bits per heavy atom. The summed E-state index contributed by atoms with van der Waals surface area (Å²) in [5, 5.41) is 2.19. The average molecular weight is 167 g/mol. The van der Waals surface area contributed by atoms with Crippen molar-refractivity contribution in [3.8, 4) is 0 Å². The molecule has 1 aromatic rings. The van der Waals surface area contributed by atoms with Gasteiger partial charge in [0.05, 0.1) is 0 Å². The summed E-state index contributed by atoms with van der Waals surface area (Å²) < 4.78 is 0. The minimum absolute atomic E-state index is 0.657. The number of hydrogen-bond acceptors (Lipinski definition) is 2. The van der Waals surface area contributed by atoms with Crippen molar-refractivity contribution >= 4 is 11.3 Å². The van der Waals surface area contributed by atoms with Gasteiger partial charge in [-0.25, -0.2) is 0 Å². The van der Waals surface area contributed by atoms with E-state index in [2.05, 4.69) is 11.4 Å². The van der Waals surface area contributed by atoms with Crippen molar-refractivity contribution < 1.29 is 0 Å². The van der Waals surface area contributed by atoms with Crippen LogP contribution in [0.4, 0.5) is 0 Å². The maximum atomic E-state index is 5.68. The maximum Gasteiger partial charge on any atom is 0.00805 e. The van der Waals surface area contributed by atoms with E-state index in [4.69, 9.17) is 5.73 Å². The van der Waals surface area contributed by atoms with Gasteiger partial charge in [0.25, 0.3) is 0 Å². The Balaban J connectivity index is 2.32. The molecule has 0 fully saturated rings. The number of aryl methyl sites for hydroxylation is 1. The minimum atomic E-state index is 0.657. The molecule has 1 aromatic heterocycles. The summed E-state index contributed by atoms with van der Waals surface area (Å²) >= 11 is 1.89. The van der Waals surface area contributed by atoms with Crippen molar-refractivity contribution in [2.45, 2.75) is 25.2 Å². The van der Waals surface area contributed by atoms with Crippen LogP contribution in [0.15, 0.2) is 11.4 Å². The second-order valence-electron chi connectivity index (χ2n) is 3.12. The molecule has 0 bridgehead atoms. The molecule has 1 atom stereocenters. The first kappa shape index (κ1) is 7.32. The standard InChI is InChI=1S/C9H13NS/c10-6-7-2-1-3-9-8(7)4-5-11-9/h4-5,7H,1-3,6,10H2. The van der Waals surface area contributed by atoms with Crippen molar-refractivity contribution in [1.82, 2.24) is 0 Å². The van der Waals surface area contributed by atoms with Gasteiger partial charge in [-0.2, -0.15) is 0 Å². The molecular formula is C9H13NS. The zero-order valence-electron chi connectivity index (χ0n) is 6.55. The van der Waals surface area contributed by atoms with Crippen LogP contribution in [0.2, 0.25) is 0 Å². The maximum absolute atomic E-state index is 5.68. The van der Waals surface area contributed by atoms with Crippen molar-refractivity contribution in [3.05, 3.63) is 21.9 Å². The molecule has 0 amide bonds. The highest BCUT2D eigenvalue weighted by Gasteiger charge is 2.19. The van der Waals surface area contributed by atoms with Gasteiger partial charge in [0.1, 0.15) is 0 Å². The Bertz CT molecular complexity index is 241. The molecule has 2 heteroatoms. The van der Waals surface area contributed by atoms with Crippen LogP contribution in [-0.2, 0) is 6.42 Å². The van der Waals surface area contributed by atoms with E-state index in [1.165, 1.54) is 24.8 Å². The van der Waals surface area contributed by atoms with Crippen LogP contribution in [0.3, 0.4) is 0 Å². The van der Waals surface area contributed by atoms with Gasteiger partial charge in [0.15, 0.2) is 0 Å². The van der Waals surface area contributed by atoms with E-state index in [0.717, 1.165) is 6.54 Å².